The molecule has 4 nitrogen and oxygen atoms in total. The molecule has 1 N–H and O–H groups in total. The van der Waals surface area contributed by atoms with Crippen molar-refractivity contribution in [2.24, 2.45) is 0 Å². The first-order valence-corrected chi connectivity index (χ1v) is 10.8. The third kappa shape index (κ3) is 3.27. The molecule has 0 saturated carbocycles. The van der Waals surface area contributed by atoms with E-state index in [-0.39, 0.29) is 17.7 Å². The fourth-order valence-corrected chi connectivity index (χ4v) is 5.33. The van der Waals surface area contributed by atoms with E-state index < -0.39 is 5.72 Å². The van der Waals surface area contributed by atoms with E-state index in [9.17, 15) is 4.79 Å². The highest BCUT2D eigenvalue weighted by Gasteiger charge is 2.54. The van der Waals surface area contributed by atoms with Crippen LogP contribution in [0.25, 0.3) is 0 Å². The highest BCUT2D eigenvalue weighted by Crippen LogP contribution is 2.56. The SMILES string of the molecule is COc1ccc2c(c1)[C@@H](c1ccc(C)cc1)[C@@H]1c3ccccc3CC[C@]1(NC(C)=O)O2. The number of aryl methyl sites for hydroxylation is 2. The van der Waals surface area contributed by atoms with Gasteiger partial charge < -0.3 is 14.8 Å². The lowest BCUT2D eigenvalue weighted by Crippen LogP contribution is -2.61. The third-order valence-corrected chi connectivity index (χ3v) is 6.66. The molecule has 3 aromatic rings. The van der Waals surface area contributed by atoms with Crippen LogP contribution in [0, 0.1) is 6.92 Å². The highest BCUT2D eigenvalue weighted by atomic mass is 16.5. The van der Waals surface area contributed by atoms with Crippen LogP contribution < -0.4 is 14.8 Å². The van der Waals surface area contributed by atoms with Crippen molar-refractivity contribution in [3.63, 3.8) is 0 Å². The number of hydrogen-bond acceptors (Lipinski definition) is 3. The molecule has 5 rings (SSSR count). The molecule has 4 heteroatoms. The van der Waals surface area contributed by atoms with E-state index in [4.69, 9.17) is 9.47 Å². The second-order valence-electron chi connectivity index (χ2n) is 8.64. The summed E-state index contributed by atoms with van der Waals surface area (Å²) in [4.78, 5) is 12.4. The van der Waals surface area contributed by atoms with Crippen LogP contribution in [0.1, 0.15) is 53.0 Å². The van der Waals surface area contributed by atoms with Gasteiger partial charge in [-0.15, -0.1) is 0 Å². The van der Waals surface area contributed by atoms with Crippen LogP contribution in [0.5, 0.6) is 11.5 Å². The van der Waals surface area contributed by atoms with E-state index in [0.717, 1.165) is 29.9 Å². The molecule has 3 aromatic carbocycles. The van der Waals surface area contributed by atoms with Crippen LogP contribution in [0.2, 0.25) is 0 Å². The van der Waals surface area contributed by atoms with Gasteiger partial charge in [-0.1, -0.05) is 54.1 Å². The summed E-state index contributed by atoms with van der Waals surface area (Å²) in [6.07, 6.45) is 1.58. The summed E-state index contributed by atoms with van der Waals surface area (Å²) in [5, 5.41) is 3.23. The Balaban J connectivity index is 1.79. The number of ether oxygens (including phenoxy) is 2. The second kappa shape index (κ2) is 7.45. The van der Waals surface area contributed by atoms with Gasteiger partial charge in [0.1, 0.15) is 11.5 Å². The standard InChI is InChI=1S/C27H27NO3/c1-17-8-10-20(11-9-17)25-23-16-21(30-3)12-13-24(23)31-27(28-18(2)29)15-14-19-6-4-5-7-22(19)26(25)27/h4-13,16,25-26H,14-15H2,1-3H3,(H,28,29)/t25-,26+,27+/m1/s1. The minimum atomic E-state index is -0.794. The molecular formula is C27H27NO3. The first kappa shape index (κ1) is 19.7. The van der Waals surface area contributed by atoms with Crippen molar-refractivity contribution < 1.29 is 14.3 Å². The van der Waals surface area contributed by atoms with Gasteiger partial charge >= 0.3 is 0 Å². The van der Waals surface area contributed by atoms with Crippen molar-refractivity contribution in [3.8, 4) is 11.5 Å². The number of carbonyl (C=O) groups is 1. The number of carbonyl (C=O) groups excluding carboxylic acids is 1. The molecule has 0 bridgehead atoms. The summed E-state index contributed by atoms with van der Waals surface area (Å²) in [5.41, 5.74) is 5.28. The molecule has 31 heavy (non-hydrogen) atoms. The molecule has 0 aromatic heterocycles. The Morgan fingerprint density at radius 2 is 1.84 bits per heavy atom. The van der Waals surface area contributed by atoms with E-state index in [0.29, 0.717) is 0 Å². The van der Waals surface area contributed by atoms with Crippen LogP contribution in [0.15, 0.2) is 66.7 Å². The topological polar surface area (TPSA) is 47.6 Å². The summed E-state index contributed by atoms with van der Waals surface area (Å²) in [6, 6.07) is 23.2. The predicted octanol–water partition coefficient (Wildman–Crippen LogP) is 5.09. The summed E-state index contributed by atoms with van der Waals surface area (Å²) in [6.45, 7) is 3.67. The van der Waals surface area contributed by atoms with Crippen LogP contribution >= 0.6 is 0 Å². The Kier molecular flexibility index (Phi) is 4.73. The van der Waals surface area contributed by atoms with Crippen molar-refractivity contribution in [3.05, 3.63) is 94.5 Å². The van der Waals surface area contributed by atoms with Crippen LogP contribution in [0.3, 0.4) is 0 Å². The van der Waals surface area contributed by atoms with Gasteiger partial charge in [0, 0.05) is 24.8 Å². The number of fused-ring (bicyclic) bond motifs is 4. The Labute approximate surface area is 183 Å². The summed E-state index contributed by atoms with van der Waals surface area (Å²) in [7, 11) is 1.68. The molecule has 0 unspecified atom stereocenters. The Morgan fingerprint density at radius 1 is 1.06 bits per heavy atom. The van der Waals surface area contributed by atoms with Gasteiger partial charge in [-0.2, -0.15) is 0 Å². The predicted molar refractivity (Wildman–Crippen MR) is 121 cm³/mol. The number of methoxy groups -OCH3 is 1. The van der Waals surface area contributed by atoms with Gasteiger partial charge in [0.2, 0.25) is 5.91 Å². The zero-order valence-electron chi connectivity index (χ0n) is 18.1. The average molecular weight is 414 g/mol. The van der Waals surface area contributed by atoms with E-state index in [2.05, 4.69) is 66.8 Å². The molecule has 1 aliphatic carbocycles. The normalized spacial score (nSPS) is 23.6. The van der Waals surface area contributed by atoms with E-state index in [1.807, 2.05) is 12.1 Å². The van der Waals surface area contributed by atoms with Crippen molar-refractivity contribution in [1.29, 1.82) is 0 Å². The molecule has 3 atom stereocenters. The first-order valence-electron chi connectivity index (χ1n) is 10.8. The summed E-state index contributed by atoms with van der Waals surface area (Å²) < 4.78 is 12.2. The van der Waals surface area contributed by atoms with E-state index in [1.165, 1.54) is 22.3 Å². The maximum Gasteiger partial charge on any atom is 0.219 e. The molecule has 1 amide bonds. The minimum absolute atomic E-state index is 0.0211. The molecule has 0 spiro atoms. The summed E-state index contributed by atoms with van der Waals surface area (Å²) in [5.74, 6) is 1.49. The van der Waals surface area contributed by atoms with Gasteiger partial charge in [0.25, 0.3) is 0 Å². The molecular weight excluding hydrogens is 386 g/mol. The highest BCUT2D eigenvalue weighted by molar-refractivity contribution is 5.74. The van der Waals surface area contributed by atoms with E-state index in [1.54, 1.807) is 14.0 Å². The molecule has 0 radical (unpaired) electrons. The van der Waals surface area contributed by atoms with Crippen molar-refractivity contribution in [2.45, 2.75) is 44.2 Å². The zero-order valence-corrected chi connectivity index (χ0v) is 18.1. The molecule has 2 aliphatic rings. The Morgan fingerprint density at radius 3 is 2.58 bits per heavy atom. The largest absolute Gasteiger partial charge is 0.497 e. The Bertz CT molecular complexity index is 1140. The van der Waals surface area contributed by atoms with Gasteiger partial charge in [-0.3, -0.25) is 4.79 Å². The zero-order chi connectivity index (χ0) is 21.6. The molecule has 0 saturated heterocycles. The quantitative estimate of drug-likeness (QED) is 0.651. The Hall–Kier alpha value is -3.27. The van der Waals surface area contributed by atoms with Crippen molar-refractivity contribution >= 4 is 5.91 Å². The number of amides is 1. The summed E-state index contributed by atoms with van der Waals surface area (Å²) >= 11 is 0. The van der Waals surface area contributed by atoms with Gasteiger partial charge in [0.05, 0.1) is 13.0 Å². The lowest BCUT2D eigenvalue weighted by Gasteiger charge is -2.52. The van der Waals surface area contributed by atoms with Gasteiger partial charge in [0.15, 0.2) is 5.72 Å². The lowest BCUT2D eigenvalue weighted by atomic mass is 9.64. The number of benzene rings is 3. The third-order valence-electron chi connectivity index (χ3n) is 6.66. The van der Waals surface area contributed by atoms with Crippen LogP contribution in [-0.4, -0.2) is 18.7 Å². The van der Waals surface area contributed by atoms with Gasteiger partial charge in [-0.25, -0.2) is 0 Å². The lowest BCUT2D eigenvalue weighted by molar-refractivity contribution is -0.128. The number of hydrogen-bond donors (Lipinski definition) is 1. The fraction of sp³-hybridized carbons (Fsp3) is 0.296. The van der Waals surface area contributed by atoms with Crippen molar-refractivity contribution in [1.82, 2.24) is 5.32 Å². The monoisotopic (exact) mass is 413 g/mol. The maximum absolute atomic E-state index is 12.4. The molecule has 1 aliphatic heterocycles. The smallest absolute Gasteiger partial charge is 0.219 e. The molecule has 1 heterocycles. The van der Waals surface area contributed by atoms with Crippen LogP contribution in [0.4, 0.5) is 0 Å². The van der Waals surface area contributed by atoms with Crippen molar-refractivity contribution in [2.75, 3.05) is 7.11 Å². The maximum atomic E-state index is 12.4. The first-order chi connectivity index (χ1) is 15.0. The second-order valence-corrected chi connectivity index (χ2v) is 8.64. The fourth-order valence-electron chi connectivity index (χ4n) is 5.33. The number of nitrogens with one attached hydrogen (secondary N) is 1. The average Bonchev–Trinajstić information content (AvgIpc) is 2.77. The molecule has 158 valence electrons. The molecule has 0 fully saturated rings. The number of rotatable bonds is 3. The van der Waals surface area contributed by atoms with Crippen LogP contribution in [-0.2, 0) is 11.2 Å². The van der Waals surface area contributed by atoms with Gasteiger partial charge in [-0.05, 0) is 48.2 Å². The van der Waals surface area contributed by atoms with E-state index >= 15 is 0 Å². The minimum Gasteiger partial charge on any atom is -0.497 e.